The zero-order chi connectivity index (χ0) is 54.8. The zero-order valence-corrected chi connectivity index (χ0v) is 43.9. The molecule has 0 amide bonds. The van der Waals surface area contributed by atoms with Crippen molar-refractivity contribution in [1.29, 1.82) is 0 Å². The lowest BCUT2D eigenvalue weighted by atomic mass is 9.99. The third-order valence-corrected chi connectivity index (χ3v) is 17.3. The van der Waals surface area contributed by atoms with E-state index in [-0.39, 0.29) is 17.5 Å². The minimum Gasteiger partial charge on any atom is -0.343 e. The number of anilines is 11. The van der Waals surface area contributed by atoms with Crippen molar-refractivity contribution in [3.8, 4) is 0 Å². The Morgan fingerprint density at radius 3 is 1.09 bits per heavy atom. The van der Waals surface area contributed by atoms with Crippen LogP contribution in [0.2, 0.25) is 0 Å². The van der Waals surface area contributed by atoms with E-state index in [0.29, 0.717) is 46.0 Å². The van der Waals surface area contributed by atoms with Crippen molar-refractivity contribution in [2.24, 2.45) is 0 Å². The number of hydrogen-bond acceptors (Lipinski definition) is 14. The molecule has 0 aliphatic heterocycles. The Kier molecular flexibility index (Phi) is 13.4. The second kappa shape index (κ2) is 21.1. The average molecular weight is 1090 g/mol. The maximum absolute atomic E-state index is 13.5. The Morgan fingerprint density at radius 2 is 0.700 bits per heavy atom. The van der Waals surface area contributed by atoms with Gasteiger partial charge in [0.05, 0.1) is 0 Å². The molecule has 0 fully saturated rings. The van der Waals surface area contributed by atoms with Gasteiger partial charge in [0.1, 0.15) is 23.3 Å². The van der Waals surface area contributed by atoms with Gasteiger partial charge in [0, 0.05) is 52.7 Å². The van der Waals surface area contributed by atoms with Crippen molar-refractivity contribution < 1.29 is 25.9 Å². The van der Waals surface area contributed by atoms with Gasteiger partial charge >= 0.3 is 0 Å². The number of rotatable bonds is 16. The van der Waals surface area contributed by atoms with E-state index < -0.39 is 36.3 Å². The lowest BCUT2D eigenvalue weighted by Gasteiger charge is -2.32. The van der Waals surface area contributed by atoms with Crippen molar-refractivity contribution in [2.45, 2.75) is 10.5 Å². The molecule has 8 N–H and O–H groups in total. The Hall–Kier alpha value is -9.98. The molecule has 0 unspecified atom stereocenters. The van der Waals surface area contributed by atoms with Crippen molar-refractivity contribution in [3.05, 3.63) is 241 Å². The highest BCUT2D eigenvalue weighted by molar-refractivity contribution is 8.05. The van der Waals surface area contributed by atoms with Gasteiger partial charge in [-0.3, -0.25) is 9.11 Å². The summed E-state index contributed by atoms with van der Waals surface area (Å²) >= 11 is 0. The van der Waals surface area contributed by atoms with Crippen LogP contribution in [0.15, 0.2) is 236 Å². The van der Waals surface area contributed by atoms with Crippen molar-refractivity contribution in [3.63, 3.8) is 0 Å². The van der Waals surface area contributed by atoms with Crippen LogP contribution >= 0.6 is 0 Å². The van der Waals surface area contributed by atoms with E-state index in [1.54, 1.807) is 36.4 Å². The van der Waals surface area contributed by atoms with Crippen molar-refractivity contribution >= 4 is 133 Å². The predicted molar refractivity (Wildman–Crippen MR) is 322 cm³/mol. The van der Waals surface area contributed by atoms with E-state index in [2.05, 4.69) is 43.0 Å². The van der Waals surface area contributed by atoms with Gasteiger partial charge in [-0.25, -0.2) is 0 Å². The largest absolute Gasteiger partial charge is 0.343 e. The van der Waals surface area contributed by atoms with Crippen molar-refractivity contribution in [1.82, 2.24) is 19.9 Å². The first-order valence-corrected chi connectivity index (χ1v) is 28.1. The fourth-order valence-electron chi connectivity index (χ4n) is 9.67. The molecule has 0 saturated carbocycles. The molecule has 0 saturated heterocycles. The van der Waals surface area contributed by atoms with Gasteiger partial charge in [-0.2, -0.15) is 36.8 Å². The molecule has 0 atom stereocenters. The zero-order valence-electron chi connectivity index (χ0n) is 42.3. The Bertz CT molecular complexity index is 4320. The quantitative estimate of drug-likeness (QED) is 0.0420. The lowest BCUT2D eigenvalue weighted by Crippen LogP contribution is -2.49. The first-order chi connectivity index (χ1) is 38.7. The van der Waals surface area contributed by atoms with Gasteiger partial charge in [0.15, 0.2) is 0 Å². The highest BCUT2D eigenvalue weighted by atomic mass is 32.3. The normalized spacial score (nSPS) is 13.5. The summed E-state index contributed by atoms with van der Waals surface area (Å²) < 4.78 is 72.3. The number of aromatic nitrogens is 4. The molecule has 9 aromatic carbocycles. The molecule has 0 bridgehead atoms. The second-order valence-corrected chi connectivity index (χ2v) is 22.6. The van der Waals surface area contributed by atoms with Crippen molar-refractivity contribution in [2.75, 3.05) is 31.9 Å². The molecule has 2 aromatic heterocycles. The Balaban J connectivity index is 0.821. The fraction of sp³-hybridized carbons (Fsp3) is 0.0323. The SMILES string of the molecule is O=S(=O)(O)C1(S(=O)(=O)O)CC(Nc2cc(Nc3ccc4ccccc4c3)nc(Nc3ccc4ccccc4c3)n2)=CC=C1C=Cc1ccc(Nc2cc(Nc3ccc4ccccc4c3)nc(Nc3ccc4ccccc4c3)n2)cc1. The first kappa shape index (κ1) is 50.8. The first-order valence-electron chi connectivity index (χ1n) is 25.2. The molecule has 0 spiro atoms. The second-order valence-electron chi connectivity index (χ2n) is 19.1. The van der Waals surface area contributed by atoms with Crippen LogP contribution in [0.5, 0.6) is 0 Å². The van der Waals surface area contributed by atoms with E-state index >= 15 is 0 Å². The minimum atomic E-state index is -5.59. The summed E-state index contributed by atoms with van der Waals surface area (Å²) in [5.74, 6) is 1.93. The van der Waals surface area contributed by atoms with Crippen LogP contribution in [0.1, 0.15) is 12.0 Å². The molecule has 80 heavy (non-hydrogen) atoms. The van der Waals surface area contributed by atoms with Crippen LogP contribution in [-0.2, 0) is 20.2 Å². The molecule has 2 heterocycles. The summed E-state index contributed by atoms with van der Waals surface area (Å²) in [5, 5.41) is 28.1. The van der Waals surface area contributed by atoms with Crippen LogP contribution < -0.4 is 31.9 Å². The molecule has 1 aliphatic carbocycles. The van der Waals surface area contributed by atoms with Crippen LogP contribution in [0.3, 0.4) is 0 Å². The lowest BCUT2D eigenvalue weighted by molar-refractivity contribution is 0.433. The van der Waals surface area contributed by atoms with Gasteiger partial charge in [0.25, 0.3) is 24.3 Å². The van der Waals surface area contributed by atoms with Gasteiger partial charge < -0.3 is 31.9 Å². The van der Waals surface area contributed by atoms with Crippen LogP contribution in [0.4, 0.5) is 63.6 Å². The smallest absolute Gasteiger partial charge is 0.292 e. The molecule has 394 valence electrons. The number of allylic oxidation sites excluding steroid dienone is 4. The average Bonchev–Trinajstić information content (AvgIpc) is 3.47. The van der Waals surface area contributed by atoms with E-state index in [9.17, 15) is 25.9 Å². The summed E-state index contributed by atoms with van der Waals surface area (Å²) in [4.78, 5) is 19.0. The molecule has 18 heteroatoms. The molecule has 12 rings (SSSR count). The topological polar surface area (TPSA) is 232 Å². The molecule has 11 aromatic rings. The number of hydrogen-bond donors (Lipinski definition) is 8. The minimum absolute atomic E-state index is 0.00389. The molecular formula is C62H48N10O6S2. The maximum atomic E-state index is 13.5. The summed E-state index contributed by atoms with van der Waals surface area (Å²) in [6.45, 7) is 0. The number of nitrogens with one attached hydrogen (secondary N) is 6. The third-order valence-electron chi connectivity index (χ3n) is 13.6. The van der Waals surface area contributed by atoms with E-state index in [1.165, 1.54) is 24.3 Å². The van der Waals surface area contributed by atoms with Gasteiger partial charge in [-0.15, -0.1) is 0 Å². The molecular weight excluding hydrogens is 1040 g/mol. The summed E-state index contributed by atoms with van der Waals surface area (Å²) in [7, 11) is -11.2. The summed E-state index contributed by atoms with van der Waals surface area (Å²) in [6, 6.07) is 65.9. The molecule has 16 nitrogen and oxygen atoms in total. The maximum Gasteiger partial charge on any atom is 0.292 e. The monoisotopic (exact) mass is 1090 g/mol. The number of benzene rings is 9. The number of nitrogens with zero attached hydrogens (tertiary/aromatic N) is 4. The third kappa shape index (κ3) is 11.0. The molecule has 0 radical (unpaired) electrons. The van der Waals surface area contributed by atoms with Gasteiger partial charge in [0.2, 0.25) is 11.9 Å². The number of fused-ring (bicyclic) bond motifs is 4. The summed E-state index contributed by atoms with van der Waals surface area (Å²) in [6.07, 6.45) is 4.48. The molecule has 1 aliphatic rings. The Morgan fingerprint density at radius 1 is 0.362 bits per heavy atom. The van der Waals surface area contributed by atoms with Crippen LogP contribution in [-0.4, -0.2) is 50.0 Å². The van der Waals surface area contributed by atoms with Crippen LogP contribution in [0, 0.1) is 0 Å². The summed E-state index contributed by atoms with van der Waals surface area (Å²) in [5.41, 5.74) is 3.77. The predicted octanol–water partition coefficient (Wildman–Crippen LogP) is 14.4. The van der Waals surface area contributed by atoms with Gasteiger partial charge in [-0.1, -0.05) is 152 Å². The Labute approximate surface area is 460 Å². The fourth-order valence-corrected chi connectivity index (χ4v) is 12.3. The van der Waals surface area contributed by atoms with E-state index in [4.69, 9.17) is 15.0 Å². The van der Waals surface area contributed by atoms with Crippen LogP contribution in [0.25, 0.3) is 49.2 Å². The highest BCUT2D eigenvalue weighted by Crippen LogP contribution is 2.42. The standard InChI is InChI=1S/C62H48N10O6S2/c73-79(74,75)62(80(76,77)78)39-55(66-59-38-58(65-52-29-21-42-10-2-6-14-46(42)34-52)71-61(72-59)68-54-31-23-44-12-4-8-16-48(44)36-54)32-25-49(62)24-17-40-18-26-50(27-19-40)63-56-37-57(64-51-28-20-41-9-1-5-13-45(41)33-51)70-60(69-56)67-53-30-22-43-11-3-7-15-47(43)35-53/h1-38H,39H2,(H,73,74,75)(H,76,77,78)(H3,63,64,67,69,70)(H3,65,66,68,71,72). The van der Waals surface area contributed by atoms with E-state index in [0.717, 1.165) is 54.5 Å². The highest BCUT2D eigenvalue weighted by Gasteiger charge is 2.58. The van der Waals surface area contributed by atoms with Gasteiger partial charge in [-0.05, 0) is 121 Å². The van der Waals surface area contributed by atoms with E-state index in [1.807, 2.05) is 164 Å².